The Morgan fingerprint density at radius 1 is 1.00 bits per heavy atom. The zero-order valence-corrected chi connectivity index (χ0v) is 13.7. The van der Waals surface area contributed by atoms with Crippen molar-refractivity contribution >= 4 is 0 Å². The summed E-state index contributed by atoms with van der Waals surface area (Å²) in [5, 5.41) is 12.4. The smallest absolute Gasteiger partial charge is 0.123 e. The van der Waals surface area contributed by atoms with Crippen molar-refractivity contribution in [1.82, 2.24) is 10.2 Å². The average Bonchev–Trinajstić information content (AvgIpc) is 2.63. The van der Waals surface area contributed by atoms with Gasteiger partial charge >= 0.3 is 0 Å². The lowest BCUT2D eigenvalue weighted by Gasteiger charge is -2.32. The zero-order valence-electron chi connectivity index (χ0n) is 13.7. The summed E-state index contributed by atoms with van der Waals surface area (Å²) < 4.78 is 12.9. The van der Waals surface area contributed by atoms with Crippen LogP contribution >= 0.6 is 0 Å². The fourth-order valence-electron chi connectivity index (χ4n) is 3.10. The van der Waals surface area contributed by atoms with Gasteiger partial charge in [0.1, 0.15) is 5.82 Å². The van der Waals surface area contributed by atoms with Gasteiger partial charge in [-0.05, 0) is 61.3 Å². The number of nitrogens with zero attached hydrogens (tertiary/aromatic N) is 2. The molecule has 0 radical (unpaired) electrons. The largest absolute Gasteiger partial charge is 0.310 e. The van der Waals surface area contributed by atoms with Crippen molar-refractivity contribution in [3.05, 3.63) is 71.0 Å². The van der Waals surface area contributed by atoms with Crippen molar-refractivity contribution in [2.75, 3.05) is 13.1 Å². The lowest BCUT2D eigenvalue weighted by Crippen LogP contribution is -2.41. The van der Waals surface area contributed by atoms with E-state index in [1.807, 2.05) is 36.4 Å². The van der Waals surface area contributed by atoms with Crippen LogP contribution in [-0.2, 0) is 13.1 Å². The first-order valence-corrected chi connectivity index (χ1v) is 8.42. The van der Waals surface area contributed by atoms with Gasteiger partial charge < -0.3 is 5.32 Å². The van der Waals surface area contributed by atoms with Gasteiger partial charge in [0.2, 0.25) is 0 Å². The van der Waals surface area contributed by atoms with Gasteiger partial charge in [-0.1, -0.05) is 24.3 Å². The van der Waals surface area contributed by atoms with E-state index in [4.69, 9.17) is 5.26 Å². The third kappa shape index (κ3) is 4.64. The molecule has 1 aliphatic rings. The summed E-state index contributed by atoms with van der Waals surface area (Å²) in [5.41, 5.74) is 3.08. The van der Waals surface area contributed by atoms with E-state index < -0.39 is 0 Å². The SMILES string of the molecule is N#Cc1ccc(CNC2CCN(Cc3ccc(F)cc3)CC2)cc1. The quantitative estimate of drug-likeness (QED) is 0.916. The molecule has 1 heterocycles. The highest BCUT2D eigenvalue weighted by molar-refractivity contribution is 5.31. The number of hydrogen-bond acceptors (Lipinski definition) is 3. The molecule has 0 bridgehead atoms. The molecule has 0 spiro atoms. The van der Waals surface area contributed by atoms with Crippen LogP contribution in [0.1, 0.15) is 29.5 Å². The van der Waals surface area contributed by atoms with Gasteiger partial charge in [0.05, 0.1) is 11.6 Å². The summed E-state index contributed by atoms with van der Waals surface area (Å²) in [5.74, 6) is -0.176. The first kappa shape index (κ1) is 16.6. The topological polar surface area (TPSA) is 39.1 Å². The van der Waals surface area contributed by atoms with Crippen molar-refractivity contribution in [3.8, 4) is 6.07 Å². The maximum absolute atomic E-state index is 12.9. The van der Waals surface area contributed by atoms with Crippen molar-refractivity contribution in [1.29, 1.82) is 5.26 Å². The average molecular weight is 323 g/mol. The molecule has 0 atom stereocenters. The number of nitriles is 1. The predicted molar refractivity (Wildman–Crippen MR) is 92.7 cm³/mol. The fourth-order valence-corrected chi connectivity index (χ4v) is 3.10. The summed E-state index contributed by atoms with van der Waals surface area (Å²) >= 11 is 0. The van der Waals surface area contributed by atoms with E-state index in [-0.39, 0.29) is 5.82 Å². The van der Waals surface area contributed by atoms with Crippen molar-refractivity contribution in [2.45, 2.75) is 32.0 Å². The van der Waals surface area contributed by atoms with Crippen LogP contribution in [0.2, 0.25) is 0 Å². The lowest BCUT2D eigenvalue weighted by atomic mass is 10.0. The summed E-state index contributed by atoms with van der Waals surface area (Å²) in [7, 11) is 0. The molecule has 24 heavy (non-hydrogen) atoms. The minimum absolute atomic E-state index is 0.176. The van der Waals surface area contributed by atoms with Gasteiger partial charge in [0.25, 0.3) is 0 Å². The van der Waals surface area contributed by atoms with Gasteiger partial charge in [-0.25, -0.2) is 4.39 Å². The molecule has 0 aromatic heterocycles. The Balaban J connectivity index is 1.41. The number of halogens is 1. The molecule has 124 valence electrons. The molecule has 3 nitrogen and oxygen atoms in total. The maximum Gasteiger partial charge on any atom is 0.123 e. The molecular formula is C20H22FN3. The minimum atomic E-state index is -0.176. The van der Waals surface area contributed by atoms with E-state index >= 15 is 0 Å². The second-order valence-electron chi connectivity index (χ2n) is 6.37. The molecule has 0 unspecified atom stereocenters. The minimum Gasteiger partial charge on any atom is -0.310 e. The van der Waals surface area contributed by atoms with Crippen molar-refractivity contribution in [2.24, 2.45) is 0 Å². The number of nitrogens with one attached hydrogen (secondary N) is 1. The first-order valence-electron chi connectivity index (χ1n) is 8.42. The fraction of sp³-hybridized carbons (Fsp3) is 0.350. The van der Waals surface area contributed by atoms with E-state index in [1.54, 1.807) is 0 Å². The Kier molecular flexibility index (Phi) is 5.58. The molecular weight excluding hydrogens is 301 g/mol. The van der Waals surface area contributed by atoms with Gasteiger partial charge in [-0.15, -0.1) is 0 Å². The number of likely N-dealkylation sites (tertiary alicyclic amines) is 1. The van der Waals surface area contributed by atoms with Crippen LogP contribution in [0.3, 0.4) is 0 Å². The van der Waals surface area contributed by atoms with E-state index in [0.29, 0.717) is 11.6 Å². The normalized spacial score (nSPS) is 16.0. The summed E-state index contributed by atoms with van der Waals surface area (Å²) in [6.45, 7) is 3.85. The molecule has 2 aromatic rings. The molecule has 0 aliphatic carbocycles. The Labute approximate surface area is 142 Å². The van der Waals surface area contributed by atoms with Crippen LogP contribution in [0, 0.1) is 17.1 Å². The first-order chi connectivity index (χ1) is 11.7. The second kappa shape index (κ2) is 8.05. The zero-order chi connectivity index (χ0) is 16.8. The lowest BCUT2D eigenvalue weighted by molar-refractivity contribution is 0.190. The number of rotatable bonds is 5. The molecule has 1 saturated heterocycles. The molecule has 1 aliphatic heterocycles. The van der Waals surface area contributed by atoms with Gasteiger partial charge in [0.15, 0.2) is 0 Å². The Morgan fingerprint density at radius 3 is 2.25 bits per heavy atom. The predicted octanol–water partition coefficient (Wildman–Crippen LogP) is 3.45. The molecule has 0 saturated carbocycles. The Bertz CT molecular complexity index is 680. The van der Waals surface area contributed by atoms with Crippen LogP contribution in [-0.4, -0.2) is 24.0 Å². The number of hydrogen-bond donors (Lipinski definition) is 1. The second-order valence-corrected chi connectivity index (χ2v) is 6.37. The molecule has 0 amide bonds. The molecule has 3 rings (SSSR count). The van der Waals surface area contributed by atoms with Crippen LogP contribution in [0.15, 0.2) is 48.5 Å². The van der Waals surface area contributed by atoms with Crippen molar-refractivity contribution in [3.63, 3.8) is 0 Å². The van der Waals surface area contributed by atoms with Crippen LogP contribution in [0.25, 0.3) is 0 Å². The van der Waals surface area contributed by atoms with E-state index in [9.17, 15) is 4.39 Å². The molecule has 1 fully saturated rings. The van der Waals surface area contributed by atoms with Gasteiger partial charge in [-0.2, -0.15) is 5.26 Å². The summed E-state index contributed by atoms with van der Waals surface area (Å²) in [6, 6.07) is 17.2. The van der Waals surface area contributed by atoms with E-state index in [0.717, 1.165) is 39.0 Å². The molecule has 1 N–H and O–H groups in total. The summed E-state index contributed by atoms with van der Waals surface area (Å²) in [4.78, 5) is 2.42. The highest BCUT2D eigenvalue weighted by atomic mass is 19.1. The monoisotopic (exact) mass is 323 g/mol. The van der Waals surface area contributed by atoms with Gasteiger partial charge in [-0.3, -0.25) is 4.90 Å². The highest BCUT2D eigenvalue weighted by Gasteiger charge is 2.18. The Morgan fingerprint density at radius 2 is 1.62 bits per heavy atom. The van der Waals surface area contributed by atoms with Crippen LogP contribution in [0.4, 0.5) is 4.39 Å². The van der Waals surface area contributed by atoms with Crippen LogP contribution < -0.4 is 5.32 Å². The standard InChI is InChI=1S/C20H22FN3/c21-19-7-5-18(6-8-19)15-24-11-9-20(10-12-24)23-14-17-3-1-16(13-22)2-4-17/h1-8,20,23H,9-12,14-15H2. The highest BCUT2D eigenvalue weighted by Crippen LogP contribution is 2.15. The Hall–Kier alpha value is -2.22. The van der Waals surface area contributed by atoms with E-state index in [1.165, 1.54) is 23.3 Å². The third-order valence-corrected chi connectivity index (χ3v) is 4.58. The number of benzene rings is 2. The molecule has 4 heteroatoms. The maximum atomic E-state index is 12.9. The van der Waals surface area contributed by atoms with Crippen LogP contribution in [0.5, 0.6) is 0 Å². The van der Waals surface area contributed by atoms with E-state index in [2.05, 4.69) is 16.3 Å². The number of piperidine rings is 1. The van der Waals surface area contributed by atoms with Gasteiger partial charge in [0, 0.05) is 19.1 Å². The third-order valence-electron chi connectivity index (χ3n) is 4.58. The van der Waals surface area contributed by atoms with Crippen molar-refractivity contribution < 1.29 is 4.39 Å². The summed E-state index contributed by atoms with van der Waals surface area (Å²) in [6.07, 6.45) is 2.24. The molecule has 2 aromatic carbocycles.